The predicted octanol–water partition coefficient (Wildman–Crippen LogP) is 17.0. The van der Waals surface area contributed by atoms with E-state index in [0.717, 1.165) is 28.4 Å². The monoisotopic (exact) mass is 823 g/mol. The summed E-state index contributed by atoms with van der Waals surface area (Å²) in [6.45, 7) is 6.93. The second kappa shape index (κ2) is 16.1. The molecule has 0 radical (unpaired) electrons. The average Bonchev–Trinajstić information content (AvgIpc) is 3.74. The third-order valence-corrected chi connectivity index (χ3v) is 12.8. The Morgan fingerprint density at radius 1 is 0.422 bits per heavy atom. The highest BCUT2D eigenvalue weighted by Gasteiger charge is 2.34. The van der Waals surface area contributed by atoms with E-state index in [2.05, 4.69) is 266 Å². The van der Waals surface area contributed by atoms with Crippen LogP contribution in [0.3, 0.4) is 0 Å². The Hall–Kier alpha value is -7.88. The van der Waals surface area contributed by atoms with Gasteiger partial charge in [0.25, 0.3) is 0 Å². The Kier molecular flexibility index (Phi) is 9.81. The van der Waals surface area contributed by atoms with Gasteiger partial charge in [-0.05, 0) is 104 Å². The molecular formula is C61H49N3. The highest BCUT2D eigenvalue weighted by atomic mass is 15.3. The maximum Gasteiger partial charge on any atom is 0.131 e. The SMILES string of the molecule is CC(C)(C)c1cc(-c2ccc(N(c3ccc(-c4ccccc4)cc3)c3c4ccccc4c(C4Nc5ccccc5N4c4ccccc4)c4ccccc34)cc2)ccc1-c1ccccc1. The number of fused-ring (bicyclic) bond motifs is 3. The predicted molar refractivity (Wildman–Crippen MR) is 273 cm³/mol. The first-order chi connectivity index (χ1) is 31.4. The van der Waals surface area contributed by atoms with Gasteiger partial charge in [0, 0.05) is 33.4 Å². The Morgan fingerprint density at radius 3 is 1.45 bits per heavy atom. The van der Waals surface area contributed by atoms with Gasteiger partial charge in [-0.2, -0.15) is 0 Å². The molecule has 1 atom stereocenters. The fourth-order valence-corrected chi connectivity index (χ4v) is 9.77. The van der Waals surface area contributed by atoms with Crippen LogP contribution < -0.4 is 15.1 Å². The molecule has 0 aliphatic carbocycles. The second-order valence-electron chi connectivity index (χ2n) is 17.8. The molecule has 10 aromatic rings. The summed E-state index contributed by atoms with van der Waals surface area (Å²) in [7, 11) is 0. The molecule has 3 heteroatoms. The van der Waals surface area contributed by atoms with E-state index < -0.39 is 0 Å². The van der Waals surface area contributed by atoms with Crippen LogP contribution in [-0.2, 0) is 5.41 Å². The van der Waals surface area contributed by atoms with Crippen molar-refractivity contribution in [2.24, 2.45) is 0 Å². The van der Waals surface area contributed by atoms with Gasteiger partial charge in [-0.1, -0.05) is 203 Å². The molecule has 64 heavy (non-hydrogen) atoms. The molecule has 1 unspecified atom stereocenters. The largest absolute Gasteiger partial charge is 0.359 e. The zero-order valence-corrected chi connectivity index (χ0v) is 36.4. The Labute approximate surface area is 376 Å². The van der Waals surface area contributed by atoms with Gasteiger partial charge in [-0.3, -0.25) is 0 Å². The minimum Gasteiger partial charge on any atom is -0.359 e. The van der Waals surface area contributed by atoms with Crippen LogP contribution in [0.4, 0.5) is 34.1 Å². The van der Waals surface area contributed by atoms with Crippen molar-refractivity contribution < 1.29 is 0 Å². The van der Waals surface area contributed by atoms with E-state index in [1.165, 1.54) is 71.7 Å². The van der Waals surface area contributed by atoms with E-state index in [-0.39, 0.29) is 11.6 Å². The van der Waals surface area contributed by atoms with Crippen LogP contribution in [-0.4, -0.2) is 0 Å². The highest BCUT2D eigenvalue weighted by molar-refractivity contribution is 6.17. The van der Waals surface area contributed by atoms with Crippen LogP contribution in [0.2, 0.25) is 0 Å². The number of hydrogen-bond donors (Lipinski definition) is 1. The van der Waals surface area contributed by atoms with Crippen molar-refractivity contribution in [3.63, 3.8) is 0 Å². The summed E-state index contributed by atoms with van der Waals surface area (Å²) in [5.41, 5.74) is 16.6. The van der Waals surface area contributed by atoms with Gasteiger partial charge in [0.2, 0.25) is 0 Å². The quantitative estimate of drug-likeness (QED) is 0.154. The lowest BCUT2D eigenvalue weighted by Gasteiger charge is -2.33. The van der Waals surface area contributed by atoms with E-state index in [4.69, 9.17) is 0 Å². The van der Waals surface area contributed by atoms with Crippen molar-refractivity contribution in [3.8, 4) is 33.4 Å². The molecule has 10 aromatic carbocycles. The normalized spacial score (nSPS) is 13.5. The van der Waals surface area contributed by atoms with Crippen molar-refractivity contribution in [1.82, 2.24) is 0 Å². The van der Waals surface area contributed by atoms with Crippen LogP contribution in [0.1, 0.15) is 38.1 Å². The molecule has 3 nitrogen and oxygen atoms in total. The van der Waals surface area contributed by atoms with Gasteiger partial charge < -0.3 is 15.1 Å². The van der Waals surface area contributed by atoms with Gasteiger partial charge >= 0.3 is 0 Å². The van der Waals surface area contributed by atoms with Gasteiger partial charge in [-0.25, -0.2) is 0 Å². The molecule has 0 saturated carbocycles. The number of para-hydroxylation sites is 3. The van der Waals surface area contributed by atoms with Crippen molar-refractivity contribution >= 4 is 55.7 Å². The van der Waals surface area contributed by atoms with Crippen LogP contribution in [0.5, 0.6) is 0 Å². The van der Waals surface area contributed by atoms with Crippen LogP contribution in [0.25, 0.3) is 54.9 Å². The number of nitrogens with zero attached hydrogens (tertiary/aromatic N) is 2. The lowest BCUT2D eigenvalue weighted by molar-refractivity contribution is 0.592. The van der Waals surface area contributed by atoms with Gasteiger partial charge in [-0.15, -0.1) is 0 Å². The number of rotatable bonds is 8. The molecule has 1 N–H and O–H groups in total. The fraction of sp³-hybridized carbons (Fsp3) is 0.0820. The van der Waals surface area contributed by atoms with Crippen molar-refractivity contribution in [3.05, 3.63) is 242 Å². The van der Waals surface area contributed by atoms with E-state index in [1.807, 2.05) is 0 Å². The number of benzene rings is 10. The van der Waals surface area contributed by atoms with Crippen LogP contribution in [0.15, 0.2) is 231 Å². The summed E-state index contributed by atoms with van der Waals surface area (Å²) in [6.07, 6.45) is -0.146. The maximum atomic E-state index is 3.98. The summed E-state index contributed by atoms with van der Waals surface area (Å²) < 4.78 is 0. The number of nitrogens with one attached hydrogen (secondary N) is 1. The summed E-state index contributed by atoms with van der Waals surface area (Å²) in [6, 6.07) is 84.0. The van der Waals surface area contributed by atoms with Crippen molar-refractivity contribution in [2.45, 2.75) is 32.4 Å². The van der Waals surface area contributed by atoms with E-state index in [1.54, 1.807) is 0 Å². The molecule has 0 saturated heterocycles. The van der Waals surface area contributed by atoms with E-state index in [0.29, 0.717) is 0 Å². The van der Waals surface area contributed by atoms with Crippen molar-refractivity contribution in [1.29, 1.82) is 0 Å². The minimum absolute atomic E-state index is 0.0347. The smallest absolute Gasteiger partial charge is 0.131 e. The summed E-state index contributed by atoms with van der Waals surface area (Å²) in [4.78, 5) is 4.93. The lowest BCUT2D eigenvalue weighted by Crippen LogP contribution is -2.24. The van der Waals surface area contributed by atoms with Crippen LogP contribution in [0, 0.1) is 0 Å². The molecule has 1 aliphatic rings. The molecule has 11 rings (SSSR count). The standard InChI is InChI=1S/C61H49N3/c1-61(2,3)55-41-46(35-40-50(55)45-21-9-5-10-22-45)44-33-38-49(39-34-44)63(48-36-31-43(32-37-48)42-19-7-4-8-20-42)59-53-27-15-13-25-51(53)58(52-26-14-16-28-54(52)59)60-62-56-29-17-18-30-57(56)64(60)47-23-11-6-12-24-47/h4-41,60,62H,1-3H3. The first-order valence-electron chi connectivity index (χ1n) is 22.3. The first-order valence-corrected chi connectivity index (χ1v) is 22.3. The fourth-order valence-electron chi connectivity index (χ4n) is 9.77. The minimum atomic E-state index is -0.146. The Bertz CT molecular complexity index is 3200. The molecule has 0 bridgehead atoms. The molecule has 0 amide bonds. The molecular weight excluding hydrogens is 775 g/mol. The Morgan fingerprint density at radius 2 is 0.875 bits per heavy atom. The maximum absolute atomic E-state index is 3.98. The molecule has 0 spiro atoms. The molecule has 0 fully saturated rings. The number of anilines is 6. The zero-order chi connectivity index (χ0) is 43.2. The third kappa shape index (κ3) is 6.96. The van der Waals surface area contributed by atoms with E-state index in [9.17, 15) is 0 Å². The second-order valence-corrected chi connectivity index (χ2v) is 17.8. The van der Waals surface area contributed by atoms with Gasteiger partial charge in [0.05, 0.1) is 17.1 Å². The summed E-state index contributed by atoms with van der Waals surface area (Å²) in [5, 5.41) is 8.76. The van der Waals surface area contributed by atoms with Crippen molar-refractivity contribution in [2.75, 3.05) is 15.1 Å². The first kappa shape index (κ1) is 39.0. The highest BCUT2D eigenvalue weighted by Crippen LogP contribution is 2.52. The topological polar surface area (TPSA) is 18.5 Å². The number of hydrogen-bond acceptors (Lipinski definition) is 3. The van der Waals surface area contributed by atoms with E-state index >= 15 is 0 Å². The molecule has 308 valence electrons. The van der Waals surface area contributed by atoms with Crippen LogP contribution >= 0.6 is 0 Å². The third-order valence-electron chi connectivity index (χ3n) is 12.8. The van der Waals surface area contributed by atoms with Gasteiger partial charge in [0.1, 0.15) is 6.17 Å². The molecule has 0 aromatic heterocycles. The lowest BCUT2D eigenvalue weighted by atomic mass is 9.80. The Balaban J connectivity index is 1.10. The summed E-state index contributed by atoms with van der Waals surface area (Å²) in [5.74, 6) is 0. The zero-order valence-electron chi connectivity index (χ0n) is 36.4. The summed E-state index contributed by atoms with van der Waals surface area (Å²) >= 11 is 0. The van der Waals surface area contributed by atoms with Gasteiger partial charge in [0.15, 0.2) is 0 Å². The average molecular weight is 824 g/mol. The molecule has 1 heterocycles. The molecule has 1 aliphatic heterocycles.